The number of para-hydroxylation sites is 1. The van der Waals surface area contributed by atoms with Crippen LogP contribution in [0.4, 0.5) is 8.78 Å². The number of aliphatic hydroxyl groups excluding tert-OH is 2. The molecule has 0 saturated carbocycles. The first-order valence-corrected chi connectivity index (χ1v) is 11.6. The van der Waals surface area contributed by atoms with Crippen LogP contribution in [-0.4, -0.2) is 58.4 Å². The smallest absolute Gasteiger partial charge is 0.231 e. The molecule has 1 heterocycles. The number of rotatable bonds is 12. The zero-order valence-corrected chi connectivity index (χ0v) is 19.6. The summed E-state index contributed by atoms with van der Waals surface area (Å²) in [6.45, 7) is 2.36. The van der Waals surface area contributed by atoms with Gasteiger partial charge in [0, 0.05) is 43.6 Å². The van der Waals surface area contributed by atoms with Crippen LogP contribution in [0.5, 0.6) is 0 Å². The molecule has 0 fully saturated rings. The van der Waals surface area contributed by atoms with Gasteiger partial charge in [0.15, 0.2) is 0 Å². The maximum absolute atomic E-state index is 13.7. The molecule has 188 valence electrons. The molecule has 4 N–H and O–H groups in total. The van der Waals surface area contributed by atoms with Gasteiger partial charge in [-0.1, -0.05) is 25.1 Å². The van der Waals surface area contributed by atoms with Gasteiger partial charge in [-0.2, -0.15) is 0 Å². The highest BCUT2D eigenvalue weighted by atomic mass is 19.1. The Bertz CT molecular complexity index is 1130. The van der Waals surface area contributed by atoms with E-state index in [1.807, 2.05) is 37.3 Å². The number of hydrogen-bond acceptors (Lipinski definition) is 5. The fourth-order valence-electron chi connectivity index (χ4n) is 3.87. The third-order valence-corrected chi connectivity index (χ3v) is 5.78. The predicted molar refractivity (Wildman–Crippen MR) is 129 cm³/mol. The van der Waals surface area contributed by atoms with Crippen LogP contribution in [0, 0.1) is 17.6 Å². The van der Waals surface area contributed by atoms with Crippen LogP contribution in [0.1, 0.15) is 30.1 Å². The summed E-state index contributed by atoms with van der Waals surface area (Å²) in [5.41, 5.74) is 1.04. The molecule has 2 aromatic carbocycles. The number of nitrogens with one attached hydrogen (secondary N) is 2. The van der Waals surface area contributed by atoms with Gasteiger partial charge in [0.1, 0.15) is 11.6 Å². The summed E-state index contributed by atoms with van der Waals surface area (Å²) in [5, 5.41) is 26.5. The fraction of sp³-hybridized carbons (Fsp3) is 0.385. The minimum atomic E-state index is -1.07. The second kappa shape index (κ2) is 12.5. The van der Waals surface area contributed by atoms with Crippen LogP contribution < -0.4 is 10.6 Å². The van der Waals surface area contributed by atoms with Gasteiger partial charge >= 0.3 is 0 Å². The molecule has 3 atom stereocenters. The van der Waals surface area contributed by atoms with Crippen molar-refractivity contribution in [3.63, 3.8) is 0 Å². The van der Waals surface area contributed by atoms with Crippen LogP contribution in [-0.2, 0) is 11.2 Å². The maximum Gasteiger partial charge on any atom is 0.231 e. The highest BCUT2D eigenvalue weighted by Crippen LogP contribution is 2.16. The summed E-state index contributed by atoms with van der Waals surface area (Å²) in [5.74, 6) is -2.23. The molecule has 0 spiro atoms. The van der Waals surface area contributed by atoms with Crippen molar-refractivity contribution in [1.29, 1.82) is 0 Å². The summed E-state index contributed by atoms with van der Waals surface area (Å²) in [7, 11) is 0. The molecule has 0 aliphatic heterocycles. The molecular weight excluding hydrogens is 456 g/mol. The third kappa shape index (κ3) is 7.68. The zero-order chi connectivity index (χ0) is 25.4. The van der Waals surface area contributed by atoms with E-state index in [4.69, 9.17) is 5.11 Å². The van der Waals surface area contributed by atoms with E-state index < -0.39 is 29.7 Å². The van der Waals surface area contributed by atoms with Crippen molar-refractivity contribution in [2.45, 2.75) is 38.3 Å². The molecule has 3 rings (SSSR count). The molecule has 9 heteroatoms. The Kier molecular flexibility index (Phi) is 9.47. The lowest BCUT2D eigenvalue weighted by atomic mass is 10.00. The fourth-order valence-corrected chi connectivity index (χ4v) is 3.87. The van der Waals surface area contributed by atoms with Crippen molar-refractivity contribution in [2.24, 2.45) is 5.92 Å². The van der Waals surface area contributed by atoms with E-state index >= 15 is 0 Å². The molecule has 35 heavy (non-hydrogen) atoms. The van der Waals surface area contributed by atoms with Gasteiger partial charge < -0.3 is 20.8 Å². The molecule has 0 saturated heterocycles. The van der Waals surface area contributed by atoms with E-state index in [-0.39, 0.29) is 49.8 Å². The number of nitrogens with zero attached hydrogens (tertiary/aromatic N) is 1. The number of aromatic nitrogens is 1. The Morgan fingerprint density at radius 3 is 2.46 bits per heavy atom. The monoisotopic (exact) mass is 487 g/mol. The summed E-state index contributed by atoms with van der Waals surface area (Å²) >= 11 is 0. The van der Waals surface area contributed by atoms with E-state index in [1.165, 1.54) is 4.57 Å². The lowest BCUT2D eigenvalue weighted by Gasteiger charge is -2.25. The molecule has 1 aromatic heterocycles. The number of fused-ring (bicyclic) bond motifs is 1. The molecule has 7 nitrogen and oxygen atoms in total. The van der Waals surface area contributed by atoms with Crippen LogP contribution >= 0.6 is 0 Å². The Morgan fingerprint density at radius 2 is 1.74 bits per heavy atom. The summed E-state index contributed by atoms with van der Waals surface area (Å²) in [6.07, 6.45) is 0.430. The highest BCUT2D eigenvalue weighted by molar-refractivity contribution is 5.93. The predicted octanol–water partition coefficient (Wildman–Crippen LogP) is 2.65. The maximum atomic E-state index is 13.7. The van der Waals surface area contributed by atoms with E-state index in [0.29, 0.717) is 6.54 Å². The van der Waals surface area contributed by atoms with Gasteiger partial charge in [-0.05, 0) is 48.7 Å². The Labute approximate surface area is 202 Å². The van der Waals surface area contributed by atoms with Crippen molar-refractivity contribution in [2.75, 3.05) is 19.7 Å². The number of carbonyl (C=O) groups is 2. The first-order chi connectivity index (χ1) is 16.8. The number of carbonyl (C=O) groups excluding carboxylic acids is 2. The third-order valence-electron chi connectivity index (χ3n) is 5.78. The largest absolute Gasteiger partial charge is 0.396 e. The van der Waals surface area contributed by atoms with Gasteiger partial charge in [0.2, 0.25) is 11.8 Å². The summed E-state index contributed by atoms with van der Waals surface area (Å²) in [4.78, 5) is 25.3. The van der Waals surface area contributed by atoms with Crippen molar-refractivity contribution in [3.8, 4) is 0 Å². The van der Waals surface area contributed by atoms with Crippen molar-refractivity contribution >= 4 is 22.7 Å². The van der Waals surface area contributed by atoms with Crippen LogP contribution in [0.25, 0.3) is 10.9 Å². The second-order valence-electron chi connectivity index (χ2n) is 8.81. The van der Waals surface area contributed by atoms with Gasteiger partial charge in [-0.15, -0.1) is 0 Å². The lowest BCUT2D eigenvalue weighted by molar-refractivity contribution is -0.122. The van der Waals surface area contributed by atoms with Crippen molar-refractivity contribution < 1.29 is 28.6 Å². The standard InChI is InChI=1S/C26H31F2N3O4/c1-17(16-32)14-29-15-24(33)22(12-18-10-20(27)13-21(28)11-18)30-25(34)6-7-26(35)31-9-8-19-4-2-3-5-23(19)31/h2-5,8-11,13,17,22,24,29,32-33H,6-7,12,14-16H2,1H3,(H,30,34)/t17?,22-,24+/m0/s1. The van der Waals surface area contributed by atoms with E-state index in [1.54, 1.807) is 6.20 Å². The average Bonchev–Trinajstić information content (AvgIpc) is 3.25. The van der Waals surface area contributed by atoms with E-state index in [2.05, 4.69) is 10.6 Å². The number of halogens is 2. The molecule has 1 unspecified atom stereocenters. The van der Waals surface area contributed by atoms with E-state index in [9.17, 15) is 23.5 Å². The average molecular weight is 488 g/mol. The Hall–Kier alpha value is -3.14. The van der Waals surface area contributed by atoms with Gasteiger partial charge in [-0.25, -0.2) is 8.78 Å². The quantitative estimate of drug-likeness (QED) is 0.315. The van der Waals surface area contributed by atoms with Gasteiger partial charge in [-0.3, -0.25) is 14.2 Å². The number of hydrogen-bond donors (Lipinski definition) is 4. The minimum Gasteiger partial charge on any atom is -0.396 e. The lowest BCUT2D eigenvalue weighted by Crippen LogP contribution is -2.49. The Morgan fingerprint density at radius 1 is 1.03 bits per heavy atom. The van der Waals surface area contributed by atoms with Gasteiger partial charge in [0.25, 0.3) is 0 Å². The first kappa shape index (κ1) is 26.5. The molecule has 0 aliphatic carbocycles. The summed E-state index contributed by atoms with van der Waals surface area (Å²) < 4.78 is 28.8. The molecule has 3 aromatic rings. The minimum absolute atomic E-state index is 0.00496. The number of amides is 1. The second-order valence-corrected chi connectivity index (χ2v) is 8.81. The number of benzene rings is 2. The Balaban J connectivity index is 1.63. The first-order valence-electron chi connectivity index (χ1n) is 11.6. The summed E-state index contributed by atoms with van der Waals surface area (Å²) in [6, 6.07) is 11.4. The topological polar surface area (TPSA) is 104 Å². The van der Waals surface area contributed by atoms with Crippen molar-refractivity contribution in [1.82, 2.24) is 15.2 Å². The molecule has 0 aliphatic rings. The molecule has 1 amide bonds. The normalized spacial score (nSPS) is 14.0. The van der Waals surface area contributed by atoms with Crippen LogP contribution in [0.15, 0.2) is 54.7 Å². The van der Waals surface area contributed by atoms with E-state index in [0.717, 1.165) is 29.1 Å². The molecule has 0 radical (unpaired) electrons. The van der Waals surface area contributed by atoms with Crippen LogP contribution in [0.2, 0.25) is 0 Å². The molecule has 0 bridgehead atoms. The zero-order valence-electron chi connectivity index (χ0n) is 19.6. The van der Waals surface area contributed by atoms with Crippen LogP contribution in [0.3, 0.4) is 0 Å². The highest BCUT2D eigenvalue weighted by Gasteiger charge is 2.23. The number of aliphatic hydroxyl groups is 2. The van der Waals surface area contributed by atoms with Gasteiger partial charge in [0.05, 0.1) is 17.7 Å². The SMILES string of the molecule is CC(CO)CNC[C@@H](O)[C@H](Cc1cc(F)cc(F)c1)NC(=O)CCC(=O)n1ccc2ccccc21. The van der Waals surface area contributed by atoms with Crippen molar-refractivity contribution in [3.05, 3.63) is 71.9 Å². The molecular formula is C26H31F2N3O4.